The fraction of sp³-hybridized carbons (Fsp3) is 0.222. The third-order valence-corrected chi connectivity index (χ3v) is 1.92. The number of anilines is 1. The largest absolute Gasteiger partial charge is 0.373 e. The van der Waals surface area contributed by atoms with Crippen molar-refractivity contribution in [1.82, 2.24) is 19.7 Å². The van der Waals surface area contributed by atoms with Gasteiger partial charge in [-0.15, -0.1) is 0 Å². The van der Waals surface area contributed by atoms with E-state index in [1.807, 2.05) is 26.4 Å². The molecule has 0 spiro atoms. The van der Waals surface area contributed by atoms with Gasteiger partial charge in [0, 0.05) is 31.9 Å². The van der Waals surface area contributed by atoms with Crippen LogP contribution in [0.5, 0.6) is 0 Å². The van der Waals surface area contributed by atoms with Crippen LogP contribution >= 0.6 is 0 Å². The lowest BCUT2D eigenvalue weighted by Crippen LogP contribution is -1.93. The van der Waals surface area contributed by atoms with Gasteiger partial charge in [0.25, 0.3) is 0 Å². The van der Waals surface area contributed by atoms with E-state index in [-0.39, 0.29) is 0 Å². The number of rotatable bonds is 2. The number of aromatic nitrogens is 4. The highest BCUT2D eigenvalue weighted by atomic mass is 15.2. The van der Waals surface area contributed by atoms with Crippen molar-refractivity contribution in [2.24, 2.45) is 7.05 Å². The predicted octanol–water partition coefficient (Wildman–Crippen LogP) is 0.919. The maximum Gasteiger partial charge on any atom is 0.129 e. The van der Waals surface area contributed by atoms with Crippen molar-refractivity contribution in [2.45, 2.75) is 0 Å². The Labute approximate surface area is 81.8 Å². The average molecular weight is 189 g/mol. The molecule has 0 unspecified atom stereocenters. The van der Waals surface area contributed by atoms with Crippen molar-refractivity contribution in [3.63, 3.8) is 0 Å². The quantitative estimate of drug-likeness (QED) is 0.763. The molecule has 5 heteroatoms. The number of nitrogens with one attached hydrogen (secondary N) is 1. The molecule has 0 saturated heterocycles. The first-order chi connectivity index (χ1) is 6.79. The molecule has 0 fully saturated rings. The minimum atomic E-state index is 0.804. The van der Waals surface area contributed by atoms with Crippen LogP contribution in [0.4, 0.5) is 5.82 Å². The number of hydrogen-bond acceptors (Lipinski definition) is 4. The second-order valence-corrected chi connectivity index (χ2v) is 2.94. The topological polar surface area (TPSA) is 55.6 Å². The van der Waals surface area contributed by atoms with E-state index in [0.29, 0.717) is 0 Å². The van der Waals surface area contributed by atoms with Gasteiger partial charge in [-0.05, 0) is 0 Å². The van der Waals surface area contributed by atoms with E-state index in [9.17, 15) is 0 Å². The summed E-state index contributed by atoms with van der Waals surface area (Å²) in [6.45, 7) is 0. The number of nitrogens with zero attached hydrogens (tertiary/aromatic N) is 4. The second kappa shape index (κ2) is 3.45. The van der Waals surface area contributed by atoms with Crippen LogP contribution in [0, 0.1) is 0 Å². The summed E-state index contributed by atoms with van der Waals surface area (Å²) in [6.07, 6.45) is 5.23. The molecule has 0 radical (unpaired) electrons. The van der Waals surface area contributed by atoms with E-state index in [2.05, 4.69) is 20.4 Å². The summed E-state index contributed by atoms with van der Waals surface area (Å²) in [7, 11) is 3.71. The van der Waals surface area contributed by atoms with Crippen LogP contribution in [-0.2, 0) is 7.05 Å². The highest BCUT2D eigenvalue weighted by Crippen LogP contribution is 2.16. The van der Waals surface area contributed by atoms with E-state index >= 15 is 0 Å². The Bertz CT molecular complexity index is 434. The number of hydrogen-bond donors (Lipinski definition) is 1. The van der Waals surface area contributed by atoms with Crippen LogP contribution in [0.2, 0.25) is 0 Å². The predicted molar refractivity (Wildman–Crippen MR) is 53.8 cm³/mol. The molecule has 2 heterocycles. The molecular formula is C9H11N5. The third kappa shape index (κ3) is 1.56. The molecule has 2 rings (SSSR count). The Morgan fingerprint density at radius 1 is 1.36 bits per heavy atom. The van der Waals surface area contributed by atoms with Crippen LogP contribution < -0.4 is 5.32 Å². The Kier molecular flexibility index (Phi) is 2.14. The maximum absolute atomic E-state index is 4.17. The molecule has 0 aromatic carbocycles. The summed E-state index contributed by atoms with van der Waals surface area (Å²) in [5.41, 5.74) is 1.86. The summed E-state index contributed by atoms with van der Waals surface area (Å²) in [5, 5.41) is 7.05. The fourth-order valence-corrected chi connectivity index (χ4v) is 1.21. The van der Waals surface area contributed by atoms with Crippen molar-refractivity contribution < 1.29 is 0 Å². The van der Waals surface area contributed by atoms with Crippen molar-refractivity contribution in [2.75, 3.05) is 12.4 Å². The second-order valence-electron chi connectivity index (χ2n) is 2.94. The Balaban J connectivity index is 2.41. The molecule has 2 aromatic rings. The lowest BCUT2D eigenvalue weighted by atomic mass is 10.2. The molecule has 5 nitrogen and oxygen atoms in total. The fourth-order valence-electron chi connectivity index (χ4n) is 1.21. The van der Waals surface area contributed by atoms with Crippen LogP contribution in [0.1, 0.15) is 0 Å². The zero-order valence-corrected chi connectivity index (χ0v) is 8.10. The highest BCUT2D eigenvalue weighted by molar-refractivity contribution is 5.60. The maximum atomic E-state index is 4.17. The van der Waals surface area contributed by atoms with Gasteiger partial charge in [-0.1, -0.05) is 0 Å². The van der Waals surface area contributed by atoms with Crippen LogP contribution in [-0.4, -0.2) is 26.8 Å². The SMILES string of the molecule is CNc1cc(-c2cnn(C)c2)ncn1. The molecule has 0 aliphatic rings. The van der Waals surface area contributed by atoms with Gasteiger partial charge < -0.3 is 5.32 Å². The van der Waals surface area contributed by atoms with Crippen LogP contribution in [0.15, 0.2) is 24.8 Å². The lowest BCUT2D eigenvalue weighted by molar-refractivity contribution is 0.768. The van der Waals surface area contributed by atoms with Gasteiger partial charge in [0.1, 0.15) is 12.1 Å². The van der Waals surface area contributed by atoms with E-state index in [0.717, 1.165) is 17.1 Å². The molecule has 0 amide bonds. The molecule has 0 aliphatic heterocycles. The molecule has 0 atom stereocenters. The van der Waals surface area contributed by atoms with E-state index in [1.54, 1.807) is 10.9 Å². The molecule has 0 saturated carbocycles. The van der Waals surface area contributed by atoms with Gasteiger partial charge in [0.05, 0.1) is 11.9 Å². The number of aryl methyl sites for hydroxylation is 1. The summed E-state index contributed by atoms with van der Waals surface area (Å²) in [4.78, 5) is 8.21. The minimum Gasteiger partial charge on any atom is -0.373 e. The van der Waals surface area contributed by atoms with Crippen molar-refractivity contribution in [3.8, 4) is 11.3 Å². The monoisotopic (exact) mass is 189 g/mol. The zero-order chi connectivity index (χ0) is 9.97. The van der Waals surface area contributed by atoms with Gasteiger partial charge >= 0.3 is 0 Å². The van der Waals surface area contributed by atoms with Crippen LogP contribution in [0.25, 0.3) is 11.3 Å². The Morgan fingerprint density at radius 3 is 2.86 bits per heavy atom. The summed E-state index contributed by atoms with van der Waals surface area (Å²) in [5.74, 6) is 0.804. The van der Waals surface area contributed by atoms with E-state index in [4.69, 9.17) is 0 Å². The standard InChI is InChI=1S/C9H11N5/c1-10-9-3-8(11-6-12-9)7-4-13-14(2)5-7/h3-6H,1-2H3,(H,10,11,12). The highest BCUT2D eigenvalue weighted by Gasteiger charge is 2.02. The van der Waals surface area contributed by atoms with Gasteiger partial charge in [0.15, 0.2) is 0 Å². The smallest absolute Gasteiger partial charge is 0.129 e. The van der Waals surface area contributed by atoms with Gasteiger partial charge in [-0.3, -0.25) is 4.68 Å². The summed E-state index contributed by atoms with van der Waals surface area (Å²) < 4.78 is 1.75. The Morgan fingerprint density at radius 2 is 2.21 bits per heavy atom. The van der Waals surface area contributed by atoms with E-state index < -0.39 is 0 Å². The van der Waals surface area contributed by atoms with E-state index in [1.165, 1.54) is 6.33 Å². The first-order valence-corrected chi connectivity index (χ1v) is 4.28. The minimum absolute atomic E-state index is 0.804. The Hall–Kier alpha value is -1.91. The normalized spacial score (nSPS) is 10.1. The third-order valence-electron chi connectivity index (χ3n) is 1.92. The van der Waals surface area contributed by atoms with Gasteiger partial charge in [-0.25, -0.2) is 9.97 Å². The van der Waals surface area contributed by atoms with Crippen molar-refractivity contribution in [1.29, 1.82) is 0 Å². The van der Waals surface area contributed by atoms with Crippen LogP contribution in [0.3, 0.4) is 0 Å². The zero-order valence-electron chi connectivity index (χ0n) is 8.10. The molecule has 0 bridgehead atoms. The van der Waals surface area contributed by atoms with Gasteiger partial charge in [0.2, 0.25) is 0 Å². The van der Waals surface area contributed by atoms with Crippen molar-refractivity contribution >= 4 is 5.82 Å². The van der Waals surface area contributed by atoms with Gasteiger partial charge in [-0.2, -0.15) is 5.10 Å². The molecular weight excluding hydrogens is 178 g/mol. The van der Waals surface area contributed by atoms with Crippen molar-refractivity contribution in [3.05, 3.63) is 24.8 Å². The molecule has 2 aromatic heterocycles. The average Bonchev–Trinajstić information content (AvgIpc) is 2.65. The first kappa shape index (κ1) is 8.68. The molecule has 0 aliphatic carbocycles. The molecule has 1 N–H and O–H groups in total. The molecule has 72 valence electrons. The molecule has 14 heavy (non-hydrogen) atoms. The first-order valence-electron chi connectivity index (χ1n) is 4.28. The summed E-state index contributed by atoms with van der Waals surface area (Å²) >= 11 is 0. The lowest BCUT2D eigenvalue weighted by Gasteiger charge is -1.99. The summed E-state index contributed by atoms with van der Waals surface area (Å²) in [6, 6.07) is 1.89.